The summed E-state index contributed by atoms with van der Waals surface area (Å²) in [5.41, 5.74) is -0.891. The van der Waals surface area contributed by atoms with Crippen LogP contribution in [-0.2, 0) is 14.3 Å². The second-order valence-electron chi connectivity index (χ2n) is 5.21. The molecule has 1 aliphatic carbocycles. The van der Waals surface area contributed by atoms with Crippen LogP contribution in [0.25, 0.3) is 0 Å². The van der Waals surface area contributed by atoms with Crippen molar-refractivity contribution >= 4 is 11.8 Å². The second-order valence-corrected chi connectivity index (χ2v) is 5.21. The van der Waals surface area contributed by atoms with Crippen LogP contribution in [0.5, 0.6) is 0 Å². The molecule has 0 aromatic heterocycles. The van der Waals surface area contributed by atoms with E-state index < -0.39 is 5.41 Å². The van der Waals surface area contributed by atoms with Crippen LogP contribution in [0.2, 0.25) is 0 Å². The molecular weight excluding hydrogens is 228 g/mol. The lowest BCUT2D eigenvalue weighted by Gasteiger charge is -2.32. The Hall–Kier alpha value is -0.860. The molecule has 104 valence electrons. The summed E-state index contributed by atoms with van der Waals surface area (Å²) >= 11 is 0. The van der Waals surface area contributed by atoms with Crippen molar-refractivity contribution in [1.82, 2.24) is 0 Å². The maximum absolute atomic E-state index is 12.7. The monoisotopic (exact) mass is 254 g/mol. The molecule has 0 atom stereocenters. The van der Waals surface area contributed by atoms with Crippen LogP contribution in [0.15, 0.2) is 0 Å². The SMILES string of the molecule is CCOC(=O)C(CC)(CC)C(=O)C1CCCCC1. The van der Waals surface area contributed by atoms with Gasteiger partial charge in [0, 0.05) is 5.92 Å². The zero-order valence-electron chi connectivity index (χ0n) is 12.0. The molecule has 3 heteroatoms. The minimum absolute atomic E-state index is 0.0723. The highest BCUT2D eigenvalue weighted by Gasteiger charge is 2.46. The molecule has 1 fully saturated rings. The van der Waals surface area contributed by atoms with E-state index in [-0.39, 0.29) is 17.7 Å². The van der Waals surface area contributed by atoms with Crippen LogP contribution in [0.1, 0.15) is 65.7 Å². The van der Waals surface area contributed by atoms with Crippen LogP contribution in [-0.4, -0.2) is 18.4 Å². The molecule has 0 spiro atoms. The van der Waals surface area contributed by atoms with Gasteiger partial charge in [-0.25, -0.2) is 0 Å². The van der Waals surface area contributed by atoms with E-state index in [1.165, 1.54) is 6.42 Å². The molecule has 0 heterocycles. The van der Waals surface area contributed by atoms with Gasteiger partial charge in [-0.15, -0.1) is 0 Å². The van der Waals surface area contributed by atoms with E-state index in [2.05, 4.69) is 0 Å². The summed E-state index contributed by atoms with van der Waals surface area (Å²) in [7, 11) is 0. The minimum atomic E-state index is -0.891. The highest BCUT2D eigenvalue weighted by Crippen LogP contribution is 2.37. The van der Waals surface area contributed by atoms with Gasteiger partial charge in [0.25, 0.3) is 0 Å². The van der Waals surface area contributed by atoms with Crippen LogP contribution < -0.4 is 0 Å². The van der Waals surface area contributed by atoms with Gasteiger partial charge >= 0.3 is 5.97 Å². The minimum Gasteiger partial charge on any atom is -0.465 e. The summed E-state index contributed by atoms with van der Waals surface area (Å²) in [5, 5.41) is 0. The van der Waals surface area contributed by atoms with Crippen LogP contribution in [0, 0.1) is 11.3 Å². The molecule has 0 aromatic rings. The van der Waals surface area contributed by atoms with Crippen LogP contribution in [0.3, 0.4) is 0 Å². The van der Waals surface area contributed by atoms with Gasteiger partial charge in [0.15, 0.2) is 5.78 Å². The number of carbonyl (C=O) groups excluding carboxylic acids is 2. The number of carbonyl (C=O) groups is 2. The molecule has 1 rings (SSSR count). The number of rotatable bonds is 6. The predicted octanol–water partition coefficient (Wildman–Crippen LogP) is 3.51. The highest BCUT2D eigenvalue weighted by molar-refractivity contribution is 6.04. The number of ketones is 1. The Morgan fingerprint density at radius 3 is 2.06 bits per heavy atom. The Morgan fingerprint density at radius 1 is 1.06 bits per heavy atom. The topological polar surface area (TPSA) is 43.4 Å². The molecule has 1 aliphatic rings. The molecule has 3 nitrogen and oxygen atoms in total. The Morgan fingerprint density at radius 2 is 1.61 bits per heavy atom. The first-order chi connectivity index (χ1) is 8.62. The number of hydrogen-bond acceptors (Lipinski definition) is 3. The Labute approximate surface area is 110 Å². The zero-order chi connectivity index (χ0) is 13.6. The molecule has 0 bridgehead atoms. The molecule has 0 saturated heterocycles. The normalized spacial score (nSPS) is 17.5. The van der Waals surface area contributed by atoms with Gasteiger partial charge in [0.1, 0.15) is 5.41 Å². The summed E-state index contributed by atoms with van der Waals surface area (Å²) in [6.45, 7) is 5.97. The average Bonchev–Trinajstić information content (AvgIpc) is 2.42. The number of Topliss-reactive ketones (excluding diaryl/α,β-unsaturated/α-hetero) is 1. The molecule has 0 radical (unpaired) electrons. The third kappa shape index (κ3) is 2.93. The fraction of sp³-hybridized carbons (Fsp3) is 0.867. The van der Waals surface area contributed by atoms with Crippen molar-refractivity contribution in [3.8, 4) is 0 Å². The average molecular weight is 254 g/mol. The summed E-state index contributed by atoms with van der Waals surface area (Å²) < 4.78 is 5.14. The van der Waals surface area contributed by atoms with E-state index >= 15 is 0 Å². The summed E-state index contributed by atoms with van der Waals surface area (Å²) in [4.78, 5) is 24.9. The van der Waals surface area contributed by atoms with Gasteiger partial charge < -0.3 is 4.74 Å². The lowest BCUT2D eigenvalue weighted by molar-refractivity contribution is -0.162. The molecule has 0 amide bonds. The van der Waals surface area contributed by atoms with Gasteiger partial charge in [-0.2, -0.15) is 0 Å². The lowest BCUT2D eigenvalue weighted by atomic mass is 9.70. The number of esters is 1. The zero-order valence-corrected chi connectivity index (χ0v) is 12.0. The Kier molecular flexibility index (Phi) is 5.83. The maximum atomic E-state index is 12.7. The predicted molar refractivity (Wildman–Crippen MR) is 71.2 cm³/mol. The van der Waals surface area contributed by atoms with E-state index in [4.69, 9.17) is 4.74 Å². The van der Waals surface area contributed by atoms with Crippen LogP contribution >= 0.6 is 0 Å². The van der Waals surface area contributed by atoms with Crippen molar-refractivity contribution in [2.24, 2.45) is 11.3 Å². The van der Waals surface area contributed by atoms with Crippen molar-refractivity contribution in [1.29, 1.82) is 0 Å². The molecular formula is C15H26O3. The third-order valence-electron chi connectivity index (χ3n) is 4.32. The molecule has 0 unspecified atom stereocenters. The first-order valence-corrected chi connectivity index (χ1v) is 7.33. The third-order valence-corrected chi connectivity index (χ3v) is 4.32. The number of hydrogen-bond donors (Lipinski definition) is 0. The van der Waals surface area contributed by atoms with Crippen molar-refractivity contribution in [2.45, 2.75) is 65.7 Å². The van der Waals surface area contributed by atoms with Gasteiger partial charge in [-0.1, -0.05) is 33.1 Å². The number of ether oxygens (including phenoxy) is 1. The van der Waals surface area contributed by atoms with Gasteiger partial charge in [0.05, 0.1) is 6.61 Å². The summed E-state index contributed by atoms with van der Waals surface area (Å²) in [5.74, 6) is -0.112. The maximum Gasteiger partial charge on any atom is 0.319 e. The van der Waals surface area contributed by atoms with Gasteiger partial charge in [0.2, 0.25) is 0 Å². The van der Waals surface area contributed by atoms with Gasteiger partial charge in [-0.05, 0) is 32.6 Å². The Bertz CT molecular complexity index is 286. The first-order valence-electron chi connectivity index (χ1n) is 7.33. The van der Waals surface area contributed by atoms with Crippen molar-refractivity contribution in [2.75, 3.05) is 6.61 Å². The standard InChI is InChI=1S/C15H26O3/c1-4-15(5-2,14(17)18-6-3)13(16)12-10-8-7-9-11-12/h12H,4-11H2,1-3H3. The van der Waals surface area contributed by atoms with E-state index in [9.17, 15) is 9.59 Å². The second kappa shape index (κ2) is 6.91. The van der Waals surface area contributed by atoms with Crippen molar-refractivity contribution in [3.63, 3.8) is 0 Å². The van der Waals surface area contributed by atoms with E-state index in [0.29, 0.717) is 19.4 Å². The summed E-state index contributed by atoms with van der Waals surface area (Å²) in [6, 6.07) is 0. The fourth-order valence-corrected chi connectivity index (χ4v) is 3.01. The largest absolute Gasteiger partial charge is 0.465 e. The molecule has 1 saturated carbocycles. The van der Waals surface area contributed by atoms with E-state index in [1.54, 1.807) is 6.92 Å². The first kappa shape index (κ1) is 15.2. The molecule has 18 heavy (non-hydrogen) atoms. The molecule has 0 N–H and O–H groups in total. The molecule has 0 aliphatic heterocycles. The Balaban J connectivity index is 2.87. The smallest absolute Gasteiger partial charge is 0.319 e. The van der Waals surface area contributed by atoms with Crippen LogP contribution in [0.4, 0.5) is 0 Å². The lowest BCUT2D eigenvalue weighted by Crippen LogP contribution is -2.43. The fourth-order valence-electron chi connectivity index (χ4n) is 3.01. The van der Waals surface area contributed by atoms with Crippen molar-refractivity contribution in [3.05, 3.63) is 0 Å². The van der Waals surface area contributed by atoms with E-state index in [0.717, 1.165) is 25.7 Å². The van der Waals surface area contributed by atoms with Gasteiger partial charge in [-0.3, -0.25) is 9.59 Å². The van der Waals surface area contributed by atoms with E-state index in [1.807, 2.05) is 13.8 Å². The quantitative estimate of drug-likeness (QED) is 0.538. The molecule has 0 aromatic carbocycles. The summed E-state index contributed by atoms with van der Waals surface area (Å²) in [6.07, 6.45) is 6.44. The highest BCUT2D eigenvalue weighted by atomic mass is 16.5. The van der Waals surface area contributed by atoms with Crippen molar-refractivity contribution < 1.29 is 14.3 Å².